The standard InChI is InChI=1S/C14H21N3O2/c1-8(2)10-7-12(10)17-14(18)16-9-4-5-13(19-3)11(15)6-9/h4-6,8,10,12H,7,15H2,1-3H3,(H2,16,17,18). The van der Waals surface area contributed by atoms with Crippen LogP contribution in [0.15, 0.2) is 18.2 Å². The number of rotatable bonds is 4. The van der Waals surface area contributed by atoms with Gasteiger partial charge in [-0.1, -0.05) is 13.8 Å². The van der Waals surface area contributed by atoms with Crippen molar-refractivity contribution in [3.63, 3.8) is 0 Å². The van der Waals surface area contributed by atoms with Gasteiger partial charge in [0.25, 0.3) is 0 Å². The van der Waals surface area contributed by atoms with Gasteiger partial charge < -0.3 is 21.1 Å². The van der Waals surface area contributed by atoms with Gasteiger partial charge in [0.2, 0.25) is 0 Å². The van der Waals surface area contributed by atoms with Crippen molar-refractivity contribution in [1.82, 2.24) is 5.32 Å². The molecule has 1 aliphatic carbocycles. The molecule has 0 bridgehead atoms. The molecule has 1 aromatic carbocycles. The Morgan fingerprint density at radius 2 is 2.21 bits per heavy atom. The fourth-order valence-corrected chi connectivity index (χ4v) is 2.27. The number of benzene rings is 1. The molecule has 1 saturated carbocycles. The summed E-state index contributed by atoms with van der Waals surface area (Å²) in [5.41, 5.74) is 6.96. The zero-order valence-electron chi connectivity index (χ0n) is 11.6. The van der Waals surface area contributed by atoms with Crippen LogP contribution in [0.4, 0.5) is 16.2 Å². The Labute approximate surface area is 113 Å². The van der Waals surface area contributed by atoms with E-state index < -0.39 is 0 Å². The molecule has 1 aromatic rings. The number of urea groups is 1. The summed E-state index contributed by atoms with van der Waals surface area (Å²) >= 11 is 0. The largest absolute Gasteiger partial charge is 0.495 e. The summed E-state index contributed by atoms with van der Waals surface area (Å²) in [6.45, 7) is 4.35. The number of amides is 2. The Kier molecular flexibility index (Phi) is 3.83. The monoisotopic (exact) mass is 263 g/mol. The van der Waals surface area contributed by atoms with E-state index in [1.807, 2.05) is 0 Å². The zero-order chi connectivity index (χ0) is 14.0. The van der Waals surface area contributed by atoms with Crippen molar-refractivity contribution in [1.29, 1.82) is 0 Å². The molecule has 2 rings (SSSR count). The van der Waals surface area contributed by atoms with Crippen LogP contribution in [0.3, 0.4) is 0 Å². The lowest BCUT2D eigenvalue weighted by atomic mass is 10.1. The minimum absolute atomic E-state index is 0.183. The molecule has 1 aliphatic rings. The minimum atomic E-state index is -0.183. The second-order valence-electron chi connectivity index (χ2n) is 5.31. The molecule has 5 nitrogen and oxygen atoms in total. The smallest absolute Gasteiger partial charge is 0.319 e. The van der Waals surface area contributed by atoms with E-state index in [1.165, 1.54) is 0 Å². The number of nitrogens with one attached hydrogen (secondary N) is 2. The number of nitrogen functional groups attached to an aromatic ring is 1. The van der Waals surface area contributed by atoms with Crippen molar-refractivity contribution in [2.45, 2.75) is 26.3 Å². The predicted molar refractivity (Wildman–Crippen MR) is 76.3 cm³/mol. The first kappa shape index (κ1) is 13.5. The van der Waals surface area contributed by atoms with Gasteiger partial charge in [0.15, 0.2) is 0 Å². The first-order valence-electron chi connectivity index (χ1n) is 6.52. The number of anilines is 2. The maximum Gasteiger partial charge on any atom is 0.319 e. The molecule has 2 atom stereocenters. The van der Waals surface area contributed by atoms with E-state index in [2.05, 4.69) is 24.5 Å². The van der Waals surface area contributed by atoms with Gasteiger partial charge in [0, 0.05) is 11.7 Å². The van der Waals surface area contributed by atoms with Crippen molar-refractivity contribution >= 4 is 17.4 Å². The van der Waals surface area contributed by atoms with Crippen molar-refractivity contribution < 1.29 is 9.53 Å². The van der Waals surface area contributed by atoms with Crippen LogP contribution in [-0.2, 0) is 0 Å². The molecule has 0 heterocycles. The van der Waals surface area contributed by atoms with Gasteiger partial charge >= 0.3 is 6.03 Å². The summed E-state index contributed by atoms with van der Waals surface area (Å²) in [5.74, 6) is 1.82. The topological polar surface area (TPSA) is 76.4 Å². The molecule has 5 heteroatoms. The van der Waals surface area contributed by atoms with Crippen molar-refractivity contribution in [3.05, 3.63) is 18.2 Å². The summed E-state index contributed by atoms with van der Waals surface area (Å²) in [6.07, 6.45) is 1.07. The van der Waals surface area contributed by atoms with Crippen molar-refractivity contribution in [2.24, 2.45) is 11.8 Å². The van der Waals surface area contributed by atoms with Crippen LogP contribution in [0.1, 0.15) is 20.3 Å². The van der Waals surface area contributed by atoms with Gasteiger partial charge in [0.05, 0.1) is 12.8 Å². The SMILES string of the molecule is COc1ccc(NC(=O)NC2CC2C(C)C)cc1N. The number of methoxy groups -OCH3 is 1. The Balaban J connectivity index is 1.87. The van der Waals surface area contributed by atoms with Gasteiger partial charge in [-0.3, -0.25) is 0 Å². The van der Waals surface area contributed by atoms with Gasteiger partial charge in [-0.2, -0.15) is 0 Å². The van der Waals surface area contributed by atoms with Crippen LogP contribution in [0.5, 0.6) is 5.75 Å². The van der Waals surface area contributed by atoms with E-state index in [-0.39, 0.29) is 6.03 Å². The second-order valence-corrected chi connectivity index (χ2v) is 5.31. The molecule has 2 amide bonds. The van der Waals surface area contributed by atoms with Gasteiger partial charge in [-0.05, 0) is 36.5 Å². The zero-order valence-corrected chi connectivity index (χ0v) is 11.6. The highest BCUT2D eigenvalue weighted by Gasteiger charge is 2.40. The van der Waals surface area contributed by atoms with E-state index >= 15 is 0 Å². The van der Waals surface area contributed by atoms with Gasteiger partial charge in [-0.25, -0.2) is 4.79 Å². The summed E-state index contributed by atoms with van der Waals surface area (Å²) in [6, 6.07) is 5.31. The van der Waals surface area contributed by atoms with E-state index in [0.717, 1.165) is 6.42 Å². The molecular weight excluding hydrogens is 242 g/mol. The van der Waals surface area contributed by atoms with Crippen LogP contribution < -0.4 is 21.1 Å². The molecule has 1 fully saturated rings. The fourth-order valence-electron chi connectivity index (χ4n) is 2.27. The highest BCUT2D eigenvalue weighted by molar-refractivity contribution is 5.90. The molecule has 0 spiro atoms. The Morgan fingerprint density at radius 1 is 1.47 bits per heavy atom. The van der Waals surface area contributed by atoms with E-state index in [1.54, 1.807) is 25.3 Å². The predicted octanol–water partition coefficient (Wildman–Crippen LogP) is 2.44. The average Bonchev–Trinajstić information content (AvgIpc) is 3.08. The lowest BCUT2D eigenvalue weighted by molar-refractivity contribution is 0.251. The first-order valence-corrected chi connectivity index (χ1v) is 6.52. The summed E-state index contributed by atoms with van der Waals surface area (Å²) in [5, 5.41) is 5.74. The summed E-state index contributed by atoms with van der Waals surface area (Å²) < 4.78 is 5.07. The third kappa shape index (κ3) is 3.30. The van der Waals surface area contributed by atoms with Crippen molar-refractivity contribution in [2.75, 3.05) is 18.2 Å². The lowest BCUT2D eigenvalue weighted by Crippen LogP contribution is -2.32. The van der Waals surface area contributed by atoms with Crippen LogP contribution >= 0.6 is 0 Å². The van der Waals surface area contributed by atoms with Crippen LogP contribution in [0.25, 0.3) is 0 Å². The van der Waals surface area contributed by atoms with Crippen LogP contribution in [0.2, 0.25) is 0 Å². The maximum absolute atomic E-state index is 11.8. The number of nitrogens with two attached hydrogens (primary N) is 1. The Morgan fingerprint density at radius 3 is 2.74 bits per heavy atom. The Bertz CT molecular complexity index is 474. The summed E-state index contributed by atoms with van der Waals surface area (Å²) in [4.78, 5) is 11.8. The summed E-state index contributed by atoms with van der Waals surface area (Å²) in [7, 11) is 1.56. The number of hydrogen-bond acceptors (Lipinski definition) is 3. The molecule has 104 valence electrons. The lowest BCUT2D eigenvalue weighted by Gasteiger charge is -2.10. The van der Waals surface area contributed by atoms with E-state index in [0.29, 0.717) is 35.0 Å². The van der Waals surface area contributed by atoms with Crippen molar-refractivity contribution in [3.8, 4) is 5.75 Å². The number of carbonyl (C=O) groups is 1. The minimum Gasteiger partial charge on any atom is -0.495 e. The molecule has 0 aliphatic heterocycles. The molecule has 0 radical (unpaired) electrons. The number of carbonyl (C=O) groups excluding carboxylic acids is 1. The third-order valence-electron chi connectivity index (χ3n) is 3.50. The normalized spacial score (nSPS) is 21.1. The number of ether oxygens (including phenoxy) is 1. The molecular formula is C14H21N3O2. The highest BCUT2D eigenvalue weighted by atomic mass is 16.5. The maximum atomic E-state index is 11.8. The molecule has 0 aromatic heterocycles. The van der Waals surface area contributed by atoms with Crippen LogP contribution in [-0.4, -0.2) is 19.2 Å². The molecule has 19 heavy (non-hydrogen) atoms. The fraction of sp³-hybridized carbons (Fsp3) is 0.500. The first-order chi connectivity index (χ1) is 9.01. The van der Waals surface area contributed by atoms with E-state index in [9.17, 15) is 4.79 Å². The highest BCUT2D eigenvalue weighted by Crippen LogP contribution is 2.37. The molecule has 4 N–H and O–H groups in total. The van der Waals surface area contributed by atoms with Gasteiger partial charge in [0.1, 0.15) is 5.75 Å². The third-order valence-corrected chi connectivity index (χ3v) is 3.50. The average molecular weight is 263 g/mol. The Hall–Kier alpha value is -1.91. The second kappa shape index (κ2) is 5.38. The number of hydrogen-bond donors (Lipinski definition) is 3. The van der Waals surface area contributed by atoms with E-state index in [4.69, 9.17) is 10.5 Å². The molecule has 0 saturated heterocycles. The molecule has 2 unspecified atom stereocenters. The quantitative estimate of drug-likeness (QED) is 0.730. The van der Waals surface area contributed by atoms with Gasteiger partial charge in [-0.15, -0.1) is 0 Å². The van der Waals surface area contributed by atoms with Crippen LogP contribution in [0, 0.1) is 11.8 Å².